The largest absolute Gasteiger partial charge is 0.484 e. The molecule has 1 heterocycles. The van der Waals surface area contributed by atoms with Gasteiger partial charge in [-0.05, 0) is 44.0 Å². The predicted octanol–water partition coefficient (Wildman–Crippen LogP) is 1.32. The fourth-order valence-corrected chi connectivity index (χ4v) is 2.58. The van der Waals surface area contributed by atoms with Crippen molar-refractivity contribution in [1.82, 2.24) is 5.32 Å². The number of amides is 2. The summed E-state index contributed by atoms with van der Waals surface area (Å²) in [5.74, 6) is 0.322. The Hall–Kier alpha value is -1.83. The number of nitrogens with one attached hydrogen (secondary N) is 2. The summed E-state index contributed by atoms with van der Waals surface area (Å²) in [5, 5.41) is 5.56. The highest BCUT2D eigenvalue weighted by atomic mass is 35.5. The van der Waals surface area contributed by atoms with E-state index in [9.17, 15) is 9.59 Å². The van der Waals surface area contributed by atoms with Crippen molar-refractivity contribution < 1.29 is 19.1 Å². The van der Waals surface area contributed by atoms with Crippen LogP contribution in [0.5, 0.6) is 5.75 Å². The van der Waals surface area contributed by atoms with Gasteiger partial charge in [0.2, 0.25) is 5.91 Å². The molecule has 0 spiro atoms. The number of halogens is 1. The van der Waals surface area contributed by atoms with Gasteiger partial charge in [0.05, 0.1) is 5.41 Å². The predicted molar refractivity (Wildman–Crippen MR) is 98.0 cm³/mol. The second kappa shape index (κ2) is 10.2. The Labute approximate surface area is 154 Å². The number of hydrogen-bond donors (Lipinski definition) is 3. The Bertz CT molecular complexity index is 560. The van der Waals surface area contributed by atoms with E-state index in [4.69, 9.17) is 15.2 Å². The molecular formula is C17H26ClN3O4. The summed E-state index contributed by atoms with van der Waals surface area (Å²) in [6.45, 7) is 3.79. The standard InChI is InChI=1S/C17H25N3O4.ClH/c1-2-19-15(21)11-24-14-5-3-13(4-6-14)20-16(22)17(12-18)7-9-23-10-8-17;/h3-6H,2,7-12,18H2,1H3,(H,19,21)(H,20,22);1H. The minimum atomic E-state index is -0.564. The Morgan fingerprint density at radius 1 is 1.24 bits per heavy atom. The summed E-state index contributed by atoms with van der Waals surface area (Å²) in [6, 6.07) is 6.92. The molecule has 0 aliphatic carbocycles. The molecule has 1 aliphatic rings. The van der Waals surface area contributed by atoms with Crippen LogP contribution in [0, 0.1) is 5.41 Å². The lowest BCUT2D eigenvalue weighted by Gasteiger charge is -2.34. The van der Waals surface area contributed by atoms with Gasteiger partial charge in [-0.15, -0.1) is 12.4 Å². The number of carbonyl (C=O) groups excluding carboxylic acids is 2. The summed E-state index contributed by atoms with van der Waals surface area (Å²) in [7, 11) is 0. The molecule has 4 N–H and O–H groups in total. The van der Waals surface area contributed by atoms with Crippen LogP contribution in [0.2, 0.25) is 0 Å². The van der Waals surface area contributed by atoms with Crippen molar-refractivity contribution in [3.63, 3.8) is 0 Å². The summed E-state index contributed by atoms with van der Waals surface area (Å²) >= 11 is 0. The zero-order valence-corrected chi connectivity index (χ0v) is 15.2. The molecule has 0 radical (unpaired) electrons. The maximum Gasteiger partial charge on any atom is 0.257 e. The van der Waals surface area contributed by atoms with E-state index in [1.165, 1.54) is 0 Å². The van der Waals surface area contributed by atoms with Crippen LogP contribution in [-0.2, 0) is 14.3 Å². The molecule has 0 aromatic heterocycles. The summed E-state index contributed by atoms with van der Waals surface area (Å²) in [5.41, 5.74) is 5.94. The first kappa shape index (κ1) is 21.2. The maximum atomic E-state index is 12.6. The number of nitrogens with two attached hydrogens (primary N) is 1. The number of ether oxygens (including phenoxy) is 2. The van der Waals surface area contributed by atoms with Crippen LogP contribution in [0.25, 0.3) is 0 Å². The van der Waals surface area contributed by atoms with Crippen LogP contribution in [-0.4, -0.2) is 44.7 Å². The monoisotopic (exact) mass is 371 g/mol. The first-order chi connectivity index (χ1) is 11.6. The van der Waals surface area contributed by atoms with Crippen LogP contribution >= 0.6 is 12.4 Å². The first-order valence-corrected chi connectivity index (χ1v) is 8.18. The van der Waals surface area contributed by atoms with E-state index in [0.29, 0.717) is 50.6 Å². The van der Waals surface area contributed by atoms with Crippen LogP contribution in [0.1, 0.15) is 19.8 Å². The molecule has 0 atom stereocenters. The topological polar surface area (TPSA) is 103 Å². The molecule has 1 saturated heterocycles. The molecule has 1 fully saturated rings. The van der Waals surface area contributed by atoms with Crippen molar-refractivity contribution in [1.29, 1.82) is 0 Å². The molecule has 1 aliphatic heterocycles. The Morgan fingerprint density at radius 3 is 2.44 bits per heavy atom. The molecule has 2 amide bonds. The number of benzene rings is 1. The van der Waals surface area contributed by atoms with E-state index in [-0.39, 0.29) is 30.8 Å². The zero-order valence-electron chi connectivity index (χ0n) is 14.4. The Kier molecular flexibility index (Phi) is 8.68. The third-order valence-electron chi connectivity index (χ3n) is 4.18. The van der Waals surface area contributed by atoms with E-state index in [1.54, 1.807) is 24.3 Å². The Balaban J connectivity index is 0.00000312. The molecule has 140 valence electrons. The van der Waals surface area contributed by atoms with Crippen molar-refractivity contribution >= 4 is 29.9 Å². The normalized spacial score (nSPS) is 15.6. The quantitative estimate of drug-likeness (QED) is 0.670. The highest BCUT2D eigenvalue weighted by Crippen LogP contribution is 2.31. The number of rotatable bonds is 7. The number of anilines is 1. The molecule has 1 aromatic rings. The van der Waals surface area contributed by atoms with E-state index in [1.807, 2.05) is 6.92 Å². The summed E-state index contributed by atoms with van der Waals surface area (Å²) < 4.78 is 10.7. The molecule has 2 rings (SSSR count). The average molecular weight is 372 g/mol. The molecule has 7 nitrogen and oxygen atoms in total. The smallest absolute Gasteiger partial charge is 0.257 e. The maximum absolute atomic E-state index is 12.6. The van der Waals surface area contributed by atoms with Gasteiger partial charge in [-0.2, -0.15) is 0 Å². The number of carbonyl (C=O) groups is 2. The van der Waals surface area contributed by atoms with Gasteiger partial charge in [-0.25, -0.2) is 0 Å². The van der Waals surface area contributed by atoms with Crippen molar-refractivity contribution in [2.45, 2.75) is 19.8 Å². The molecule has 8 heteroatoms. The molecule has 25 heavy (non-hydrogen) atoms. The zero-order chi connectivity index (χ0) is 17.4. The van der Waals surface area contributed by atoms with Gasteiger partial charge in [0.25, 0.3) is 5.91 Å². The highest BCUT2D eigenvalue weighted by molar-refractivity contribution is 5.95. The van der Waals surface area contributed by atoms with Gasteiger partial charge in [-0.3, -0.25) is 9.59 Å². The van der Waals surface area contributed by atoms with Gasteiger partial charge in [0.1, 0.15) is 5.75 Å². The van der Waals surface area contributed by atoms with Crippen LogP contribution < -0.4 is 21.1 Å². The van der Waals surface area contributed by atoms with Gasteiger partial charge in [0, 0.05) is 32.0 Å². The van der Waals surface area contributed by atoms with Gasteiger partial charge in [0.15, 0.2) is 6.61 Å². The Morgan fingerprint density at radius 2 is 1.88 bits per heavy atom. The van der Waals surface area contributed by atoms with E-state index < -0.39 is 5.41 Å². The average Bonchev–Trinajstić information content (AvgIpc) is 2.62. The third kappa shape index (κ3) is 5.88. The summed E-state index contributed by atoms with van der Waals surface area (Å²) in [6.07, 6.45) is 1.26. The lowest BCUT2D eigenvalue weighted by molar-refractivity contribution is -0.130. The number of likely N-dealkylation sites (N-methyl/N-ethyl adjacent to an activating group) is 1. The minimum Gasteiger partial charge on any atom is -0.484 e. The van der Waals surface area contributed by atoms with Gasteiger partial charge < -0.3 is 25.8 Å². The van der Waals surface area contributed by atoms with Crippen LogP contribution in [0.15, 0.2) is 24.3 Å². The molecular weight excluding hydrogens is 346 g/mol. The number of hydrogen-bond acceptors (Lipinski definition) is 5. The fourth-order valence-electron chi connectivity index (χ4n) is 2.58. The second-order valence-electron chi connectivity index (χ2n) is 5.82. The molecule has 0 saturated carbocycles. The van der Waals surface area contributed by atoms with Gasteiger partial charge in [-0.1, -0.05) is 0 Å². The third-order valence-corrected chi connectivity index (χ3v) is 4.18. The summed E-state index contributed by atoms with van der Waals surface area (Å²) in [4.78, 5) is 23.9. The van der Waals surface area contributed by atoms with Crippen molar-refractivity contribution in [2.24, 2.45) is 11.1 Å². The lowest BCUT2D eigenvalue weighted by atomic mass is 9.79. The van der Waals surface area contributed by atoms with E-state index in [0.717, 1.165) is 0 Å². The van der Waals surface area contributed by atoms with Crippen molar-refractivity contribution in [3.05, 3.63) is 24.3 Å². The minimum absolute atomic E-state index is 0. The van der Waals surface area contributed by atoms with E-state index >= 15 is 0 Å². The highest BCUT2D eigenvalue weighted by Gasteiger charge is 2.38. The second-order valence-corrected chi connectivity index (χ2v) is 5.82. The van der Waals surface area contributed by atoms with Crippen molar-refractivity contribution in [3.8, 4) is 5.75 Å². The lowest BCUT2D eigenvalue weighted by Crippen LogP contribution is -2.46. The van der Waals surface area contributed by atoms with Gasteiger partial charge >= 0.3 is 0 Å². The van der Waals surface area contributed by atoms with Crippen molar-refractivity contribution in [2.75, 3.05) is 38.2 Å². The van der Waals surface area contributed by atoms with E-state index in [2.05, 4.69) is 10.6 Å². The molecule has 0 bridgehead atoms. The van der Waals surface area contributed by atoms with Crippen LogP contribution in [0.3, 0.4) is 0 Å². The molecule has 0 unspecified atom stereocenters. The molecule has 1 aromatic carbocycles. The first-order valence-electron chi connectivity index (χ1n) is 8.18. The van der Waals surface area contributed by atoms with Crippen LogP contribution in [0.4, 0.5) is 5.69 Å². The SMILES string of the molecule is CCNC(=O)COc1ccc(NC(=O)C2(CN)CCOCC2)cc1.Cl. The fraction of sp³-hybridized carbons (Fsp3) is 0.529.